The van der Waals surface area contributed by atoms with E-state index in [2.05, 4.69) is 59.9 Å². The zero-order valence-corrected chi connectivity index (χ0v) is 14.8. The number of allylic oxidation sites excluding steroid dienone is 1. The van der Waals surface area contributed by atoms with Gasteiger partial charge in [-0.15, -0.1) is 0 Å². The van der Waals surface area contributed by atoms with Gasteiger partial charge < -0.3 is 4.57 Å². The zero-order valence-electron chi connectivity index (χ0n) is 14.8. The Morgan fingerprint density at radius 3 is 2.75 bits per heavy atom. The number of hydrogen-bond donors (Lipinski definition) is 0. The Balaban J connectivity index is 1.69. The molecule has 1 fully saturated rings. The predicted octanol–water partition coefficient (Wildman–Crippen LogP) is 3.79. The SMILES string of the molecule is CC(C)=CCN1CCC2(CC1)c1ccccc1CCn1ccnc12. The topological polar surface area (TPSA) is 21.1 Å². The number of nitrogens with zero attached hydrogens (tertiary/aromatic N) is 3. The molecule has 1 aromatic heterocycles. The summed E-state index contributed by atoms with van der Waals surface area (Å²) in [6.07, 6.45) is 9.94. The summed E-state index contributed by atoms with van der Waals surface area (Å²) in [7, 11) is 0. The highest BCUT2D eigenvalue weighted by Gasteiger charge is 2.43. The Morgan fingerprint density at radius 2 is 1.96 bits per heavy atom. The van der Waals surface area contributed by atoms with Crippen molar-refractivity contribution in [2.75, 3.05) is 19.6 Å². The van der Waals surface area contributed by atoms with Gasteiger partial charge in [0.05, 0.1) is 5.41 Å². The number of likely N-dealkylation sites (tertiary alicyclic amines) is 1. The maximum atomic E-state index is 4.82. The van der Waals surface area contributed by atoms with Crippen LogP contribution in [0.4, 0.5) is 0 Å². The zero-order chi connectivity index (χ0) is 16.6. The Kier molecular flexibility index (Phi) is 4.05. The van der Waals surface area contributed by atoms with Crippen LogP contribution in [0.5, 0.6) is 0 Å². The van der Waals surface area contributed by atoms with Crippen molar-refractivity contribution in [1.82, 2.24) is 14.5 Å². The highest BCUT2D eigenvalue weighted by Crippen LogP contribution is 2.44. The molecule has 0 unspecified atom stereocenters. The summed E-state index contributed by atoms with van der Waals surface area (Å²) in [5.41, 5.74) is 4.54. The Hall–Kier alpha value is -1.87. The maximum absolute atomic E-state index is 4.82. The van der Waals surface area contributed by atoms with Crippen LogP contribution in [-0.4, -0.2) is 34.1 Å². The van der Waals surface area contributed by atoms with Gasteiger partial charge in [0.25, 0.3) is 0 Å². The first-order valence-electron chi connectivity index (χ1n) is 9.15. The molecule has 2 aliphatic rings. The molecule has 0 bridgehead atoms. The molecule has 1 spiro atoms. The van der Waals surface area contributed by atoms with E-state index in [1.165, 1.54) is 22.5 Å². The number of aryl methyl sites for hydroxylation is 2. The number of piperidine rings is 1. The maximum Gasteiger partial charge on any atom is 0.119 e. The smallest absolute Gasteiger partial charge is 0.119 e. The van der Waals surface area contributed by atoms with Crippen LogP contribution in [0.2, 0.25) is 0 Å². The number of fused-ring (bicyclic) bond motifs is 4. The molecule has 126 valence electrons. The Labute approximate surface area is 145 Å². The minimum Gasteiger partial charge on any atom is -0.334 e. The van der Waals surface area contributed by atoms with Crippen LogP contribution in [0.25, 0.3) is 0 Å². The average molecular weight is 321 g/mol. The molecule has 24 heavy (non-hydrogen) atoms. The first-order valence-corrected chi connectivity index (χ1v) is 9.15. The highest BCUT2D eigenvalue weighted by molar-refractivity contribution is 5.42. The number of rotatable bonds is 2. The summed E-state index contributed by atoms with van der Waals surface area (Å²) in [4.78, 5) is 7.41. The van der Waals surface area contributed by atoms with Gasteiger partial charge in [-0.25, -0.2) is 4.98 Å². The van der Waals surface area contributed by atoms with Gasteiger partial charge in [-0.1, -0.05) is 35.9 Å². The molecule has 0 atom stereocenters. The standard InChI is InChI=1S/C21H27N3/c1-17(2)7-12-23-14-9-21(10-15-23)19-6-4-3-5-18(19)8-13-24-16-11-22-20(21)24/h3-7,11,16H,8-10,12-15H2,1-2H3. The fourth-order valence-corrected chi connectivity index (χ4v) is 4.40. The van der Waals surface area contributed by atoms with E-state index in [9.17, 15) is 0 Å². The average Bonchev–Trinajstić information content (AvgIpc) is 3.04. The van der Waals surface area contributed by atoms with Gasteiger partial charge in [-0.05, 0) is 57.3 Å². The minimum absolute atomic E-state index is 0.0953. The quantitative estimate of drug-likeness (QED) is 0.785. The molecule has 0 N–H and O–H groups in total. The molecule has 3 heterocycles. The molecule has 3 heteroatoms. The fraction of sp³-hybridized carbons (Fsp3) is 0.476. The molecule has 0 radical (unpaired) electrons. The third kappa shape index (κ3) is 2.61. The molecule has 1 saturated heterocycles. The van der Waals surface area contributed by atoms with Crippen molar-refractivity contribution < 1.29 is 0 Å². The summed E-state index contributed by atoms with van der Waals surface area (Å²) in [6.45, 7) is 8.79. The molecule has 0 saturated carbocycles. The summed E-state index contributed by atoms with van der Waals surface area (Å²) >= 11 is 0. The molecular formula is C21H27N3. The minimum atomic E-state index is 0.0953. The van der Waals surface area contributed by atoms with E-state index < -0.39 is 0 Å². The third-order valence-electron chi connectivity index (χ3n) is 5.77. The van der Waals surface area contributed by atoms with Gasteiger partial charge in [0.1, 0.15) is 5.82 Å². The predicted molar refractivity (Wildman–Crippen MR) is 98.3 cm³/mol. The van der Waals surface area contributed by atoms with Gasteiger partial charge in [0.2, 0.25) is 0 Å². The lowest BCUT2D eigenvalue weighted by atomic mass is 9.70. The van der Waals surface area contributed by atoms with E-state index in [0.717, 1.165) is 45.4 Å². The highest BCUT2D eigenvalue weighted by atomic mass is 15.1. The third-order valence-corrected chi connectivity index (χ3v) is 5.77. The molecule has 2 aromatic rings. The largest absolute Gasteiger partial charge is 0.334 e. The fourth-order valence-electron chi connectivity index (χ4n) is 4.40. The van der Waals surface area contributed by atoms with Crippen LogP contribution >= 0.6 is 0 Å². The molecule has 0 amide bonds. The van der Waals surface area contributed by atoms with Crippen molar-refractivity contribution in [3.8, 4) is 0 Å². The second-order valence-corrected chi connectivity index (χ2v) is 7.52. The van der Waals surface area contributed by atoms with Crippen molar-refractivity contribution in [3.63, 3.8) is 0 Å². The summed E-state index contributed by atoms with van der Waals surface area (Å²) in [5.74, 6) is 1.29. The van der Waals surface area contributed by atoms with E-state index in [0.29, 0.717) is 0 Å². The molecule has 1 aromatic carbocycles. The molecule has 0 aliphatic carbocycles. The van der Waals surface area contributed by atoms with E-state index in [1.54, 1.807) is 0 Å². The second-order valence-electron chi connectivity index (χ2n) is 7.52. The Bertz CT molecular complexity index is 744. The van der Waals surface area contributed by atoms with E-state index in [4.69, 9.17) is 4.98 Å². The van der Waals surface area contributed by atoms with Gasteiger partial charge >= 0.3 is 0 Å². The lowest BCUT2D eigenvalue weighted by Gasteiger charge is -2.41. The van der Waals surface area contributed by atoms with E-state index in [1.807, 2.05) is 6.20 Å². The number of benzene rings is 1. The summed E-state index contributed by atoms with van der Waals surface area (Å²) < 4.78 is 2.39. The van der Waals surface area contributed by atoms with Gasteiger partial charge in [0, 0.05) is 25.5 Å². The lowest BCUT2D eigenvalue weighted by Crippen LogP contribution is -2.44. The van der Waals surface area contributed by atoms with Crippen LogP contribution in [0.3, 0.4) is 0 Å². The van der Waals surface area contributed by atoms with Crippen molar-refractivity contribution in [3.05, 3.63) is 65.3 Å². The van der Waals surface area contributed by atoms with Crippen LogP contribution < -0.4 is 0 Å². The van der Waals surface area contributed by atoms with Crippen LogP contribution in [-0.2, 0) is 18.4 Å². The first-order chi connectivity index (χ1) is 11.7. The van der Waals surface area contributed by atoms with Crippen LogP contribution in [0.1, 0.15) is 43.6 Å². The van der Waals surface area contributed by atoms with E-state index in [-0.39, 0.29) is 5.41 Å². The summed E-state index contributed by atoms with van der Waals surface area (Å²) in [5, 5.41) is 0. The Morgan fingerprint density at radius 1 is 1.17 bits per heavy atom. The molecule has 3 nitrogen and oxygen atoms in total. The molecule has 4 rings (SSSR count). The van der Waals surface area contributed by atoms with E-state index >= 15 is 0 Å². The lowest BCUT2D eigenvalue weighted by molar-refractivity contribution is 0.187. The first kappa shape index (κ1) is 15.6. The number of aromatic nitrogens is 2. The van der Waals surface area contributed by atoms with Gasteiger partial charge in [0.15, 0.2) is 0 Å². The van der Waals surface area contributed by atoms with Crippen molar-refractivity contribution >= 4 is 0 Å². The van der Waals surface area contributed by atoms with Crippen LogP contribution in [0.15, 0.2) is 48.3 Å². The van der Waals surface area contributed by atoms with Crippen molar-refractivity contribution in [2.24, 2.45) is 0 Å². The van der Waals surface area contributed by atoms with Crippen LogP contribution in [0, 0.1) is 0 Å². The number of hydrogen-bond acceptors (Lipinski definition) is 2. The second kappa shape index (κ2) is 6.21. The van der Waals surface area contributed by atoms with Crippen molar-refractivity contribution in [1.29, 1.82) is 0 Å². The molecular weight excluding hydrogens is 294 g/mol. The monoisotopic (exact) mass is 321 g/mol. The summed E-state index contributed by atoms with van der Waals surface area (Å²) in [6, 6.07) is 9.06. The van der Waals surface area contributed by atoms with Gasteiger partial charge in [-0.2, -0.15) is 0 Å². The number of imidazole rings is 1. The molecule has 2 aliphatic heterocycles. The van der Waals surface area contributed by atoms with Gasteiger partial charge in [-0.3, -0.25) is 4.90 Å². The normalized spacial score (nSPS) is 19.4. The van der Waals surface area contributed by atoms with Crippen molar-refractivity contribution in [2.45, 2.75) is 45.1 Å².